The molecule has 6 nitrogen and oxygen atoms in total. The molecule has 0 aliphatic heterocycles. The molecule has 3 aromatic heterocycles. The van der Waals surface area contributed by atoms with E-state index in [0.29, 0.717) is 23.3 Å². The first kappa shape index (κ1) is 20.4. The summed E-state index contributed by atoms with van der Waals surface area (Å²) in [6.07, 6.45) is 6.67. The van der Waals surface area contributed by atoms with Crippen LogP contribution in [0.4, 0.5) is 0 Å². The van der Waals surface area contributed by atoms with Crippen LogP contribution in [0.15, 0.2) is 90.0 Å². The quantitative estimate of drug-likeness (QED) is 0.440. The van der Waals surface area contributed by atoms with Crippen LogP contribution in [0.25, 0.3) is 16.7 Å². The minimum atomic E-state index is -0.0889. The molecular weight excluding hydrogens is 424 g/mol. The number of fused-ring (bicyclic) bond motifs is 4. The number of aromatic nitrogens is 3. The van der Waals surface area contributed by atoms with E-state index in [-0.39, 0.29) is 17.5 Å². The first-order valence-electron chi connectivity index (χ1n) is 11.6. The Morgan fingerprint density at radius 2 is 1.79 bits per heavy atom. The van der Waals surface area contributed by atoms with E-state index in [4.69, 9.17) is 0 Å². The maximum Gasteiger partial charge on any atom is 0.276 e. The van der Waals surface area contributed by atoms with Crippen molar-refractivity contribution in [3.8, 4) is 0 Å². The summed E-state index contributed by atoms with van der Waals surface area (Å²) in [6, 6.07) is 23.4. The zero-order chi connectivity index (χ0) is 23.1. The summed E-state index contributed by atoms with van der Waals surface area (Å²) < 4.78 is 3.57. The van der Waals surface area contributed by atoms with Crippen LogP contribution in [0.3, 0.4) is 0 Å². The van der Waals surface area contributed by atoms with Gasteiger partial charge in [0, 0.05) is 18.0 Å². The summed E-state index contributed by atoms with van der Waals surface area (Å²) in [5.74, 6) is -0.0767. The molecule has 1 aliphatic rings. The third kappa shape index (κ3) is 3.48. The van der Waals surface area contributed by atoms with Gasteiger partial charge in [-0.2, -0.15) is 0 Å². The third-order valence-electron chi connectivity index (χ3n) is 6.73. The van der Waals surface area contributed by atoms with E-state index in [1.54, 1.807) is 10.8 Å². The van der Waals surface area contributed by atoms with Crippen LogP contribution in [-0.4, -0.2) is 19.9 Å². The molecule has 0 bridgehead atoms. The molecule has 0 radical (unpaired) electrons. The fourth-order valence-electron chi connectivity index (χ4n) is 5.02. The maximum absolute atomic E-state index is 13.1. The Kier molecular flexibility index (Phi) is 4.99. The second kappa shape index (κ2) is 8.30. The first-order chi connectivity index (χ1) is 16.7. The van der Waals surface area contributed by atoms with E-state index in [2.05, 4.69) is 28.5 Å². The smallest absolute Gasteiger partial charge is 0.276 e. The third-order valence-corrected chi connectivity index (χ3v) is 6.73. The van der Waals surface area contributed by atoms with Gasteiger partial charge in [-0.05, 0) is 72.4 Å². The molecule has 5 aromatic rings. The Hall–Kier alpha value is -4.19. The molecule has 3 heterocycles. The van der Waals surface area contributed by atoms with Crippen molar-refractivity contribution in [2.75, 3.05) is 0 Å². The molecule has 6 heteroatoms. The summed E-state index contributed by atoms with van der Waals surface area (Å²) in [6.45, 7) is 0.381. The van der Waals surface area contributed by atoms with Gasteiger partial charge in [0.05, 0.1) is 18.1 Å². The number of hydrogen-bond acceptors (Lipinski definition) is 3. The number of carbonyl (C=O) groups is 1. The van der Waals surface area contributed by atoms with Gasteiger partial charge < -0.3 is 9.72 Å². The van der Waals surface area contributed by atoms with Gasteiger partial charge in [0.15, 0.2) is 5.65 Å². The summed E-state index contributed by atoms with van der Waals surface area (Å²) in [7, 11) is 0. The van der Waals surface area contributed by atoms with Gasteiger partial charge in [-0.3, -0.25) is 14.2 Å². The Labute approximate surface area is 196 Å². The van der Waals surface area contributed by atoms with E-state index >= 15 is 0 Å². The predicted octanol–water partition coefficient (Wildman–Crippen LogP) is 4.50. The fraction of sp³-hybridized carbons (Fsp3) is 0.179. The second-order valence-electron chi connectivity index (χ2n) is 8.81. The van der Waals surface area contributed by atoms with Crippen LogP contribution in [-0.2, 0) is 13.0 Å². The van der Waals surface area contributed by atoms with Crippen molar-refractivity contribution < 1.29 is 4.79 Å². The molecule has 0 unspecified atom stereocenters. The van der Waals surface area contributed by atoms with Crippen molar-refractivity contribution >= 4 is 22.6 Å². The number of nitrogens with zero attached hydrogens (tertiary/aromatic N) is 3. The first-order valence-corrected chi connectivity index (χ1v) is 11.6. The van der Waals surface area contributed by atoms with Crippen LogP contribution in [0.5, 0.6) is 0 Å². The van der Waals surface area contributed by atoms with Gasteiger partial charge in [0.1, 0.15) is 5.52 Å². The van der Waals surface area contributed by atoms with E-state index in [1.165, 1.54) is 11.1 Å². The molecule has 1 atom stereocenters. The van der Waals surface area contributed by atoms with Crippen LogP contribution >= 0.6 is 0 Å². The number of benzene rings is 2. The molecule has 6 rings (SSSR count). The molecule has 2 aromatic carbocycles. The molecular formula is C28H24N4O2. The zero-order valence-electron chi connectivity index (χ0n) is 18.6. The molecule has 0 fully saturated rings. The topological polar surface area (TPSA) is 68.4 Å². The number of carbonyl (C=O) groups excluding carboxylic acids is 1. The van der Waals surface area contributed by atoms with Crippen LogP contribution < -0.4 is 10.9 Å². The lowest BCUT2D eigenvalue weighted by Gasteiger charge is -2.26. The molecule has 0 saturated carbocycles. The molecule has 168 valence electrons. The Balaban J connectivity index is 1.26. The van der Waals surface area contributed by atoms with Crippen molar-refractivity contribution in [3.05, 3.63) is 118 Å². The van der Waals surface area contributed by atoms with Gasteiger partial charge in [0.25, 0.3) is 11.5 Å². The molecule has 34 heavy (non-hydrogen) atoms. The van der Waals surface area contributed by atoms with Crippen molar-refractivity contribution in [1.29, 1.82) is 0 Å². The van der Waals surface area contributed by atoms with E-state index in [0.717, 1.165) is 30.3 Å². The summed E-state index contributed by atoms with van der Waals surface area (Å²) in [4.78, 5) is 30.6. The summed E-state index contributed by atoms with van der Waals surface area (Å²) in [5, 5.41) is 3.20. The van der Waals surface area contributed by atoms with Crippen molar-refractivity contribution in [2.24, 2.45) is 0 Å². The van der Waals surface area contributed by atoms with Gasteiger partial charge in [0.2, 0.25) is 0 Å². The number of amides is 1. The van der Waals surface area contributed by atoms with Crippen molar-refractivity contribution in [2.45, 2.75) is 31.8 Å². The Morgan fingerprint density at radius 3 is 2.68 bits per heavy atom. The number of pyridine rings is 1. The summed E-state index contributed by atoms with van der Waals surface area (Å²) in [5.41, 5.74) is 6.13. The number of hydrogen-bond donors (Lipinski definition) is 1. The Morgan fingerprint density at radius 1 is 0.971 bits per heavy atom. The zero-order valence-corrected chi connectivity index (χ0v) is 18.6. The molecule has 0 saturated heterocycles. The average Bonchev–Trinajstić information content (AvgIpc) is 3.38. The highest BCUT2D eigenvalue weighted by Gasteiger charge is 2.22. The van der Waals surface area contributed by atoms with Crippen molar-refractivity contribution in [3.63, 3.8) is 0 Å². The summed E-state index contributed by atoms with van der Waals surface area (Å²) >= 11 is 0. The maximum atomic E-state index is 13.1. The number of aryl methyl sites for hydroxylation is 1. The monoisotopic (exact) mass is 448 g/mol. The SMILES string of the molecule is O=C(N[C@@H]1CCCc2ccccc21)c1ccc(Cn2c(=O)c3cccn3c3cccnc32)cc1. The molecule has 1 aliphatic carbocycles. The highest BCUT2D eigenvalue weighted by atomic mass is 16.1. The molecule has 0 spiro atoms. The lowest BCUT2D eigenvalue weighted by molar-refractivity contribution is 0.0932. The van der Waals surface area contributed by atoms with Gasteiger partial charge in [-0.1, -0.05) is 36.4 Å². The normalized spacial score (nSPS) is 15.4. The number of nitrogens with one attached hydrogen (secondary N) is 1. The largest absolute Gasteiger partial charge is 0.345 e. The van der Waals surface area contributed by atoms with E-state index in [1.807, 2.05) is 65.2 Å². The predicted molar refractivity (Wildman–Crippen MR) is 132 cm³/mol. The highest BCUT2D eigenvalue weighted by Crippen LogP contribution is 2.29. The lowest BCUT2D eigenvalue weighted by Crippen LogP contribution is -2.31. The van der Waals surface area contributed by atoms with Gasteiger partial charge >= 0.3 is 0 Å². The average molecular weight is 449 g/mol. The second-order valence-corrected chi connectivity index (χ2v) is 8.81. The standard InChI is InChI=1S/C28H24N4O2/c33-27(30-23-9-3-7-20-6-1-2-8-22(20)23)21-14-12-19(13-15-21)18-32-26-24(10-4-16-29-26)31-17-5-11-25(31)28(32)34/h1-2,4-6,8,10-17,23H,3,7,9,18H2,(H,30,33)/t23-/m1/s1. The van der Waals surface area contributed by atoms with Crippen LogP contribution in [0, 0.1) is 0 Å². The molecule has 1 amide bonds. The number of rotatable bonds is 4. The van der Waals surface area contributed by atoms with E-state index in [9.17, 15) is 9.59 Å². The van der Waals surface area contributed by atoms with E-state index < -0.39 is 0 Å². The lowest BCUT2D eigenvalue weighted by atomic mass is 9.87. The van der Waals surface area contributed by atoms with Crippen LogP contribution in [0.1, 0.15) is 45.9 Å². The van der Waals surface area contributed by atoms with Crippen LogP contribution in [0.2, 0.25) is 0 Å². The Bertz CT molecular complexity index is 1580. The minimum absolute atomic E-state index is 0.0434. The van der Waals surface area contributed by atoms with Crippen molar-refractivity contribution in [1.82, 2.24) is 19.3 Å². The van der Waals surface area contributed by atoms with Gasteiger partial charge in [-0.15, -0.1) is 0 Å². The highest BCUT2D eigenvalue weighted by molar-refractivity contribution is 5.94. The minimum Gasteiger partial charge on any atom is -0.345 e. The van der Waals surface area contributed by atoms with Gasteiger partial charge in [-0.25, -0.2) is 4.98 Å². The fourth-order valence-corrected chi connectivity index (χ4v) is 5.02. The molecule has 1 N–H and O–H groups in total.